The Balaban J connectivity index is 0.000000121. The number of fused-ring (bicyclic) bond motifs is 12. The van der Waals surface area contributed by atoms with Crippen LogP contribution in [0.3, 0.4) is 0 Å². The Morgan fingerprint density at radius 1 is 0.0972 bits per heavy atom. The fourth-order valence-electron chi connectivity index (χ4n) is 20.3. The van der Waals surface area contributed by atoms with Crippen LogP contribution in [-0.4, -0.2) is 0 Å². The van der Waals surface area contributed by atoms with E-state index in [2.05, 4.69) is 115 Å². The monoisotopic (exact) mass is 1870 g/mol. The van der Waals surface area contributed by atoms with Crippen LogP contribution >= 0.6 is 0 Å². The minimum Gasteiger partial charge on any atom is -0.0622 e. The van der Waals surface area contributed by atoms with Crippen LogP contribution in [0.5, 0.6) is 0 Å². The summed E-state index contributed by atoms with van der Waals surface area (Å²) in [6.45, 7) is 0. The Hall–Kier alpha value is -18.7. The third-order valence-electron chi connectivity index (χ3n) is 26.5. The molecule has 0 radical (unpaired) electrons. The van der Waals surface area contributed by atoms with Crippen molar-refractivity contribution in [3.63, 3.8) is 0 Å². The van der Waals surface area contributed by atoms with Crippen molar-refractivity contribution in [1.29, 1.82) is 0 Å². The van der Waals surface area contributed by atoms with Gasteiger partial charge in [0.2, 0.25) is 0 Å². The molecule has 0 aliphatic rings. The molecule has 0 spiro atoms. The summed E-state index contributed by atoms with van der Waals surface area (Å²) in [5.74, 6) is 0. The van der Waals surface area contributed by atoms with Crippen molar-refractivity contribution in [3.05, 3.63) is 581 Å². The highest BCUT2D eigenvalue weighted by molar-refractivity contribution is 6.28. The highest BCUT2D eigenvalue weighted by Crippen LogP contribution is 2.53. The van der Waals surface area contributed by atoms with Crippen molar-refractivity contribution in [1.82, 2.24) is 0 Å². The van der Waals surface area contributed by atoms with Crippen LogP contribution in [0, 0.1) is 0 Å². The van der Waals surface area contributed by atoms with E-state index in [1.165, 1.54) is 18.2 Å². The first-order valence-electron chi connectivity index (χ1n) is 66.5. The Bertz CT molecular complexity index is 12200. The molecule has 0 aliphatic carbocycles. The molecule has 672 valence electrons. The first-order chi connectivity index (χ1) is 88.1. The second-order valence-electron chi connectivity index (χ2n) is 34.4. The van der Waals surface area contributed by atoms with Gasteiger partial charge in [-0.05, 0) is 293 Å². The van der Waals surface area contributed by atoms with Crippen LogP contribution in [0.4, 0.5) is 0 Å². The van der Waals surface area contributed by atoms with Crippen LogP contribution in [0.1, 0.15) is 54.8 Å². The number of rotatable bonds is 12. The zero-order valence-corrected chi connectivity index (χ0v) is 76.3. The quantitative estimate of drug-likeness (QED) is 0.107. The van der Waals surface area contributed by atoms with Crippen molar-refractivity contribution in [2.75, 3.05) is 0 Å². The van der Waals surface area contributed by atoms with Gasteiger partial charge in [-0.1, -0.05) is 551 Å². The fraction of sp³-hybridized carbons (Fsp3) is 0. The molecule has 0 heterocycles. The van der Waals surface area contributed by atoms with Crippen molar-refractivity contribution in [2.45, 2.75) is 0 Å². The average molecular weight is 1870 g/mol. The predicted octanol–water partition coefficient (Wildman–Crippen LogP) is 40.6. The van der Waals surface area contributed by atoms with Gasteiger partial charge in [0.15, 0.2) is 0 Å². The standard InChI is InChI=1S/C40H26.2C36H24.C32H22/c1-2-12-27(13-3-1)30-24-25-37-38(26-30)40(34-23-11-17-29-15-5-7-19-32(29)34)36-21-9-8-20-35(36)39(37)33-22-10-16-28-14-4-6-18-31(28)33;1-3-13-26(14-4-1)35-31-19-9-10-20-32(31)36(27-15-5-2-6-16-27)34-24-28(22-23-33(34)35)30-21-11-17-25-12-7-8-18-29(25)30;1-3-12-26(13-4-1)35-31-17-9-10-18-32(31)36(27-14-5-2-6-15-27)34-24-30(21-22-33(34)35)29-20-19-25-11-7-8-16-28(25)23-29;1-4-12-23(13-5-1)26-20-21-29-30(22-26)32(25-16-8-3-9-17-25)28-19-11-10-18-27(28)31(29)24-14-6-2-7-15-24/h1-26H;2*1-24H;1-22H/i1D,2D,3D,12D,13D;1D,2D,3D,4D,5D,6D,13D,14D,15D,16D;1D,2D,3D,4D,5D,6D,12D,13D,14D,15D;1D,2D,3D,4D,5D,6D,7D,8D,9D,12D,13D,14D,15D,16D,17D. The summed E-state index contributed by atoms with van der Waals surface area (Å²) in [5.41, 5.74) is 10.4. The minimum absolute atomic E-state index is 0.0230. The lowest BCUT2D eigenvalue weighted by Crippen LogP contribution is -1.93. The van der Waals surface area contributed by atoms with E-state index in [0.29, 0.717) is 81.7 Å². The molecule has 0 fully saturated rings. The van der Waals surface area contributed by atoms with Gasteiger partial charge in [0.25, 0.3) is 0 Å². The Kier molecular flexibility index (Phi) is 14.5. The second kappa shape index (κ2) is 38.6. The Morgan fingerprint density at radius 2 is 0.285 bits per heavy atom. The number of hydrogen-bond donors (Lipinski definition) is 0. The summed E-state index contributed by atoms with van der Waals surface area (Å²) in [6.07, 6.45) is 0. The summed E-state index contributed by atoms with van der Waals surface area (Å²) in [5, 5.41) is 18.2. The minimum atomic E-state index is -0.604. The lowest BCUT2D eigenvalue weighted by Gasteiger charge is -2.20. The van der Waals surface area contributed by atoms with E-state index in [-0.39, 0.29) is 144 Å². The van der Waals surface area contributed by atoms with Crippen molar-refractivity contribution >= 4 is 129 Å². The summed E-state index contributed by atoms with van der Waals surface area (Å²) < 4.78 is 340. The average Bonchev–Trinajstić information content (AvgIpc) is 0.762. The van der Waals surface area contributed by atoms with E-state index in [1.54, 1.807) is 72.8 Å². The molecule has 0 amide bonds. The van der Waals surface area contributed by atoms with Crippen LogP contribution in [0.25, 0.3) is 263 Å². The lowest BCUT2D eigenvalue weighted by atomic mass is 9.83. The first kappa shape index (κ1) is 54.0. The van der Waals surface area contributed by atoms with Crippen molar-refractivity contribution in [3.8, 4) is 134 Å². The van der Waals surface area contributed by atoms with Crippen LogP contribution in [0.15, 0.2) is 581 Å². The van der Waals surface area contributed by atoms with Gasteiger partial charge >= 0.3 is 0 Å². The van der Waals surface area contributed by atoms with Gasteiger partial charge in [-0.2, -0.15) is 0 Å². The van der Waals surface area contributed by atoms with E-state index >= 15 is 0 Å². The SMILES string of the molecule is [2H]c1c([2H])c([2H])c(-c2c3ccccc3c(-c3c([2H])c([2H])c([2H])c([2H])c3[2H])c3cc(-c4ccc5ccccc5c4)ccc23)c([2H])c1[2H].[2H]c1c([2H])c([2H])c(-c2c3ccccc3c(-c3c([2H])c([2H])c([2H])c([2H])c3[2H])c3cc(-c4cccc5ccccc45)ccc23)c([2H])c1[2H].[2H]c1c([2H])c([2H])c(-c2ccc3c(-c4c([2H])c([2H])c([2H])c([2H])c4[2H])c4ccccc4c(-c4c([2H])c([2H])c([2H])c([2H])c4[2H])c3c2)c([2H])c1[2H].[2H]c1c([2H])c([2H])c(-c2ccc3c(-c4cccc5ccccc45)c4ccccc4c(-c4cccc5ccccc45)c3c2)c([2H])c1[2H]. The van der Waals surface area contributed by atoms with Gasteiger partial charge in [-0.25, -0.2) is 0 Å². The molecule has 0 aromatic heterocycles. The zero-order chi connectivity index (χ0) is 130. The maximum Gasteiger partial charge on any atom is 0.0629 e. The molecular weight excluding hydrogens is 1730 g/mol. The van der Waals surface area contributed by atoms with Gasteiger partial charge in [-0.3, -0.25) is 0 Å². The smallest absolute Gasteiger partial charge is 0.0622 e. The normalized spacial score (nSPS) is 15.2. The summed E-state index contributed by atoms with van der Waals surface area (Å²) in [7, 11) is 0. The fourth-order valence-corrected chi connectivity index (χ4v) is 20.3. The number of hydrogen-bond acceptors (Lipinski definition) is 0. The Morgan fingerprint density at radius 3 is 0.604 bits per heavy atom. The van der Waals surface area contributed by atoms with Gasteiger partial charge in [-0.15, -0.1) is 0 Å². The summed E-state index contributed by atoms with van der Waals surface area (Å²) >= 11 is 0. The largest absolute Gasteiger partial charge is 0.0629 e. The maximum absolute atomic E-state index is 8.91. The van der Waals surface area contributed by atoms with E-state index < -0.39 is 169 Å². The van der Waals surface area contributed by atoms with Crippen LogP contribution in [-0.2, 0) is 0 Å². The van der Waals surface area contributed by atoms with Gasteiger partial charge in [0, 0.05) is 0 Å². The third kappa shape index (κ3) is 16.3. The van der Waals surface area contributed by atoms with Gasteiger partial charge < -0.3 is 0 Å². The molecule has 0 N–H and O–H groups in total. The van der Waals surface area contributed by atoms with Gasteiger partial charge in [0.05, 0.1) is 54.8 Å². The van der Waals surface area contributed by atoms with Crippen LogP contribution in [0.2, 0.25) is 0 Å². The molecule has 0 unspecified atom stereocenters. The summed E-state index contributed by atoms with van der Waals surface area (Å²) in [6, 6.07) is 90.2. The highest BCUT2D eigenvalue weighted by Gasteiger charge is 2.25. The third-order valence-corrected chi connectivity index (χ3v) is 26.5. The summed E-state index contributed by atoms with van der Waals surface area (Å²) in [4.78, 5) is 0. The first-order valence-corrected chi connectivity index (χ1v) is 46.5. The molecule has 0 atom stereocenters. The molecule has 28 aromatic carbocycles. The zero-order valence-electron chi connectivity index (χ0n) is 116. The highest BCUT2D eigenvalue weighted by atomic mass is 14.3. The molecule has 28 rings (SSSR count). The molecule has 0 saturated carbocycles. The van der Waals surface area contributed by atoms with Gasteiger partial charge in [0.1, 0.15) is 0 Å². The van der Waals surface area contributed by atoms with Crippen molar-refractivity contribution < 1.29 is 54.8 Å². The molecule has 0 bridgehead atoms. The molecule has 28 aromatic rings. The molecular formula is C144H96. The van der Waals surface area contributed by atoms with E-state index in [9.17, 15) is 0 Å². The lowest BCUT2D eigenvalue weighted by molar-refractivity contribution is 1.63. The predicted molar refractivity (Wildman–Crippen MR) is 621 cm³/mol. The molecule has 0 heteroatoms. The van der Waals surface area contributed by atoms with Crippen LogP contribution < -0.4 is 0 Å². The number of benzene rings is 28. The molecule has 0 aliphatic heterocycles. The Labute approximate surface area is 895 Å². The van der Waals surface area contributed by atoms with Crippen molar-refractivity contribution in [2.24, 2.45) is 0 Å². The topological polar surface area (TPSA) is 0 Å². The van der Waals surface area contributed by atoms with E-state index in [4.69, 9.17) is 54.8 Å². The molecule has 144 heavy (non-hydrogen) atoms. The molecule has 0 saturated heterocycles. The maximum atomic E-state index is 8.91. The van der Waals surface area contributed by atoms with E-state index in [0.717, 1.165) is 109 Å². The second-order valence-corrected chi connectivity index (χ2v) is 34.4. The van der Waals surface area contributed by atoms with E-state index in [1.807, 2.05) is 133 Å². The molecule has 0 nitrogen and oxygen atoms in total.